The normalized spacial score (nSPS) is 22.0. The van der Waals surface area contributed by atoms with E-state index in [0.717, 1.165) is 19.3 Å². The topological polar surface area (TPSA) is 128 Å². The lowest BCUT2D eigenvalue weighted by Crippen LogP contribution is -2.34. The number of benzene rings is 2. The van der Waals surface area contributed by atoms with E-state index in [1.54, 1.807) is 24.3 Å². The number of sulfonamides is 1. The number of hydrogen-bond donors (Lipinski definition) is 3. The van der Waals surface area contributed by atoms with Crippen LogP contribution in [0.25, 0.3) is 0 Å². The molecule has 4 rings (SSSR count). The largest absolute Gasteiger partial charge is 0.375 e. The minimum Gasteiger partial charge on any atom is -0.375 e. The van der Waals surface area contributed by atoms with Gasteiger partial charge in [-0.2, -0.15) is 0 Å². The molecule has 2 aliphatic rings. The number of rotatable bonds is 7. The standard InChI is InChI=1S/C22H24ClN3O5S/c23-18-4-2-1-3-13(18)10-21(27)26-15-5-7-17(20(11-15)32(24,29)30)22(28)25-12-14-9-16-6-8-19(14)31-16/h1-5,7,11,14,16,19H,6,8-10,12H2,(H,25,28)(H,26,27)(H2,24,29,30)/t14?,16?,19-/m1/s1. The second kappa shape index (κ2) is 9.19. The summed E-state index contributed by atoms with van der Waals surface area (Å²) < 4.78 is 30.1. The molecule has 2 bridgehead atoms. The van der Waals surface area contributed by atoms with Crippen molar-refractivity contribution in [3.05, 3.63) is 58.6 Å². The number of fused-ring (bicyclic) bond motifs is 2. The van der Waals surface area contributed by atoms with E-state index in [9.17, 15) is 18.0 Å². The molecule has 2 unspecified atom stereocenters. The summed E-state index contributed by atoms with van der Waals surface area (Å²) in [4.78, 5) is 24.7. The predicted octanol–water partition coefficient (Wildman–Crippen LogP) is 2.47. The van der Waals surface area contributed by atoms with E-state index >= 15 is 0 Å². The lowest BCUT2D eigenvalue weighted by molar-refractivity contribution is -0.115. The van der Waals surface area contributed by atoms with Gasteiger partial charge in [0.1, 0.15) is 0 Å². The average molecular weight is 478 g/mol. The fraction of sp³-hybridized carbons (Fsp3) is 0.364. The Hall–Kier alpha value is -2.46. The van der Waals surface area contributed by atoms with Gasteiger partial charge in [0.05, 0.1) is 29.1 Å². The van der Waals surface area contributed by atoms with Gasteiger partial charge >= 0.3 is 0 Å². The summed E-state index contributed by atoms with van der Waals surface area (Å²) >= 11 is 6.08. The molecule has 2 aromatic carbocycles. The second-order valence-corrected chi connectivity index (χ2v) is 10.1. The molecule has 4 N–H and O–H groups in total. The minimum atomic E-state index is -4.21. The molecule has 0 saturated carbocycles. The first-order chi connectivity index (χ1) is 15.2. The highest BCUT2D eigenvalue weighted by atomic mass is 35.5. The highest BCUT2D eigenvalue weighted by Crippen LogP contribution is 2.38. The highest BCUT2D eigenvalue weighted by molar-refractivity contribution is 7.89. The van der Waals surface area contributed by atoms with Crippen LogP contribution in [0.15, 0.2) is 47.4 Å². The number of hydrogen-bond acceptors (Lipinski definition) is 5. The number of nitrogens with one attached hydrogen (secondary N) is 2. The van der Waals surface area contributed by atoms with E-state index in [-0.39, 0.29) is 46.6 Å². The van der Waals surface area contributed by atoms with Crippen LogP contribution in [0.3, 0.4) is 0 Å². The first-order valence-corrected chi connectivity index (χ1v) is 12.3. The molecule has 8 nitrogen and oxygen atoms in total. The number of carbonyl (C=O) groups is 2. The zero-order valence-corrected chi connectivity index (χ0v) is 18.8. The van der Waals surface area contributed by atoms with Crippen molar-refractivity contribution in [1.82, 2.24) is 5.32 Å². The highest BCUT2D eigenvalue weighted by Gasteiger charge is 2.40. The summed E-state index contributed by atoms with van der Waals surface area (Å²) in [7, 11) is -4.21. The molecule has 2 aliphatic heterocycles. The first-order valence-electron chi connectivity index (χ1n) is 10.3. The van der Waals surface area contributed by atoms with Crippen LogP contribution in [0.2, 0.25) is 5.02 Å². The van der Waals surface area contributed by atoms with Crippen LogP contribution < -0.4 is 15.8 Å². The van der Waals surface area contributed by atoms with E-state index in [0.29, 0.717) is 17.1 Å². The van der Waals surface area contributed by atoms with Crippen LogP contribution in [-0.4, -0.2) is 39.0 Å². The lowest BCUT2D eigenvalue weighted by atomic mass is 9.89. The van der Waals surface area contributed by atoms with Crippen LogP contribution in [0.1, 0.15) is 35.2 Å². The van der Waals surface area contributed by atoms with Gasteiger partial charge in [-0.15, -0.1) is 0 Å². The fourth-order valence-corrected chi connectivity index (χ4v) is 5.28. The molecule has 3 atom stereocenters. The Morgan fingerprint density at radius 3 is 2.59 bits per heavy atom. The summed E-state index contributed by atoms with van der Waals surface area (Å²) in [5.74, 6) is -0.697. The summed E-state index contributed by atoms with van der Waals surface area (Å²) in [6.07, 6.45) is 3.34. The van der Waals surface area contributed by atoms with Gasteiger partial charge in [0.15, 0.2) is 0 Å². The van der Waals surface area contributed by atoms with Gasteiger partial charge < -0.3 is 15.4 Å². The third-order valence-electron chi connectivity index (χ3n) is 5.88. The molecular formula is C22H24ClN3O5S. The molecule has 32 heavy (non-hydrogen) atoms. The Balaban J connectivity index is 1.46. The van der Waals surface area contributed by atoms with Crippen molar-refractivity contribution in [2.24, 2.45) is 11.1 Å². The molecule has 2 saturated heterocycles. The van der Waals surface area contributed by atoms with E-state index in [1.807, 2.05) is 0 Å². The molecular weight excluding hydrogens is 454 g/mol. The number of amides is 2. The Bertz CT molecular complexity index is 1150. The van der Waals surface area contributed by atoms with Crippen LogP contribution in [0.5, 0.6) is 0 Å². The van der Waals surface area contributed by atoms with E-state index < -0.39 is 15.9 Å². The van der Waals surface area contributed by atoms with Gasteiger partial charge in [0, 0.05) is 23.2 Å². The monoisotopic (exact) mass is 477 g/mol. The number of nitrogens with two attached hydrogens (primary N) is 1. The molecule has 0 spiro atoms. The van der Waals surface area contributed by atoms with Crippen molar-refractivity contribution in [2.45, 2.75) is 42.8 Å². The Kier molecular flexibility index (Phi) is 6.52. The van der Waals surface area contributed by atoms with Crippen molar-refractivity contribution in [1.29, 1.82) is 0 Å². The smallest absolute Gasteiger partial charge is 0.252 e. The molecule has 2 fully saturated rings. The summed E-state index contributed by atoms with van der Waals surface area (Å²) in [5, 5.41) is 11.2. The van der Waals surface area contributed by atoms with Gasteiger partial charge in [-0.1, -0.05) is 29.8 Å². The van der Waals surface area contributed by atoms with Crippen LogP contribution in [-0.2, 0) is 26.0 Å². The molecule has 2 amide bonds. The predicted molar refractivity (Wildman–Crippen MR) is 120 cm³/mol. The quantitative estimate of drug-likeness (QED) is 0.564. The number of carbonyl (C=O) groups excluding carboxylic acids is 2. The van der Waals surface area contributed by atoms with E-state index in [2.05, 4.69) is 10.6 Å². The minimum absolute atomic E-state index is 0.0121. The zero-order chi connectivity index (χ0) is 22.9. The molecule has 10 heteroatoms. The Morgan fingerprint density at radius 2 is 1.94 bits per heavy atom. The van der Waals surface area contributed by atoms with Crippen LogP contribution in [0, 0.1) is 5.92 Å². The van der Waals surface area contributed by atoms with Gasteiger partial charge in [-0.25, -0.2) is 13.6 Å². The maximum atomic E-state index is 12.7. The third kappa shape index (κ3) is 5.12. The summed E-state index contributed by atoms with van der Waals surface area (Å²) in [6.45, 7) is 0.403. The molecule has 0 radical (unpaired) electrons. The third-order valence-corrected chi connectivity index (χ3v) is 7.20. The number of halogens is 1. The number of ether oxygens (including phenoxy) is 1. The van der Waals surface area contributed by atoms with Gasteiger partial charge in [0.25, 0.3) is 5.91 Å². The van der Waals surface area contributed by atoms with E-state index in [4.69, 9.17) is 21.5 Å². The SMILES string of the molecule is NS(=O)(=O)c1cc(NC(=O)Cc2ccccc2Cl)ccc1C(=O)NCC1CC2CC[C@H]1O2. The van der Waals surface area contributed by atoms with Crippen molar-refractivity contribution in [2.75, 3.05) is 11.9 Å². The Morgan fingerprint density at radius 1 is 1.16 bits per heavy atom. The van der Waals surface area contributed by atoms with Crippen molar-refractivity contribution >= 4 is 39.1 Å². The molecule has 170 valence electrons. The maximum absolute atomic E-state index is 12.7. The zero-order valence-electron chi connectivity index (χ0n) is 17.2. The first kappa shape index (κ1) is 22.7. The molecule has 2 heterocycles. The van der Waals surface area contributed by atoms with Gasteiger partial charge in [-0.05, 0) is 49.1 Å². The second-order valence-electron chi connectivity index (χ2n) is 8.15. The maximum Gasteiger partial charge on any atom is 0.252 e. The molecule has 0 aromatic heterocycles. The lowest BCUT2D eigenvalue weighted by Gasteiger charge is -2.19. The summed E-state index contributed by atoms with van der Waals surface area (Å²) in [5.41, 5.74) is 0.781. The van der Waals surface area contributed by atoms with E-state index in [1.165, 1.54) is 18.2 Å². The van der Waals surface area contributed by atoms with Crippen molar-refractivity contribution in [3.8, 4) is 0 Å². The van der Waals surface area contributed by atoms with Crippen LogP contribution >= 0.6 is 11.6 Å². The van der Waals surface area contributed by atoms with Gasteiger partial charge in [-0.3, -0.25) is 9.59 Å². The number of anilines is 1. The van der Waals surface area contributed by atoms with Crippen molar-refractivity contribution in [3.63, 3.8) is 0 Å². The average Bonchev–Trinajstić information content (AvgIpc) is 3.36. The molecule has 0 aliphatic carbocycles. The van der Waals surface area contributed by atoms with Crippen LogP contribution in [0.4, 0.5) is 5.69 Å². The summed E-state index contributed by atoms with van der Waals surface area (Å²) in [6, 6.07) is 10.9. The number of primary sulfonamides is 1. The van der Waals surface area contributed by atoms with Gasteiger partial charge in [0.2, 0.25) is 15.9 Å². The fourth-order valence-electron chi connectivity index (χ4n) is 4.32. The Labute approximate surface area is 191 Å². The molecule has 2 aromatic rings. The van der Waals surface area contributed by atoms with Crippen molar-refractivity contribution < 1.29 is 22.7 Å².